The van der Waals surface area contributed by atoms with E-state index in [4.69, 9.17) is 0 Å². The first-order valence-electron chi connectivity index (χ1n) is 5.79. The van der Waals surface area contributed by atoms with Gasteiger partial charge in [-0.05, 0) is 11.2 Å². The summed E-state index contributed by atoms with van der Waals surface area (Å²) in [6.45, 7) is 4.40. The van der Waals surface area contributed by atoms with Crippen LogP contribution in [0.4, 0.5) is 0 Å². The summed E-state index contributed by atoms with van der Waals surface area (Å²) in [7, 11) is -1.89. The van der Waals surface area contributed by atoms with Crippen LogP contribution in [0.25, 0.3) is 10.3 Å². The molecular formula is C11H15N3O5S3. The normalized spacial score (nSPS) is 11.1. The van der Waals surface area contributed by atoms with Gasteiger partial charge in [0.05, 0.1) is 7.11 Å². The zero-order valence-electron chi connectivity index (χ0n) is 12.2. The van der Waals surface area contributed by atoms with Crippen molar-refractivity contribution in [3.8, 4) is 0 Å². The first-order valence-corrected chi connectivity index (χ1v) is 9.16. The minimum absolute atomic E-state index is 0.00751. The van der Waals surface area contributed by atoms with Crippen molar-refractivity contribution in [1.82, 2.24) is 9.55 Å². The molecule has 0 aromatic carbocycles. The van der Waals surface area contributed by atoms with Gasteiger partial charge in [0.2, 0.25) is 21.1 Å². The van der Waals surface area contributed by atoms with E-state index in [9.17, 15) is 17.8 Å². The van der Waals surface area contributed by atoms with Crippen LogP contribution < -0.4 is 10.1 Å². The predicted molar refractivity (Wildman–Crippen MR) is 83.7 cm³/mol. The third kappa shape index (κ3) is 4.61. The Labute approximate surface area is 136 Å². The summed E-state index contributed by atoms with van der Waals surface area (Å²) in [4.78, 5) is 16.2. The summed E-state index contributed by atoms with van der Waals surface area (Å²) in [5, 5.41) is 0. The van der Waals surface area contributed by atoms with Crippen LogP contribution in [-0.4, -0.2) is 35.9 Å². The van der Waals surface area contributed by atoms with Gasteiger partial charge < -0.3 is 4.55 Å². The molecule has 0 unspecified atom stereocenters. The lowest BCUT2D eigenvalue weighted by molar-refractivity contribution is -0.693. The fourth-order valence-corrected chi connectivity index (χ4v) is 3.36. The van der Waals surface area contributed by atoms with Crippen molar-refractivity contribution in [2.75, 3.05) is 13.4 Å². The zero-order valence-corrected chi connectivity index (χ0v) is 14.6. The molecule has 0 spiro atoms. The fourth-order valence-electron chi connectivity index (χ4n) is 1.46. The Morgan fingerprint density at radius 3 is 2.68 bits per heavy atom. The molecule has 0 saturated heterocycles. The molecule has 2 aromatic rings. The molecule has 0 bridgehead atoms. The van der Waals surface area contributed by atoms with Crippen LogP contribution >= 0.6 is 23.1 Å². The van der Waals surface area contributed by atoms with Gasteiger partial charge in [0.25, 0.3) is 5.56 Å². The van der Waals surface area contributed by atoms with Crippen LogP contribution in [0.3, 0.4) is 0 Å². The third-order valence-corrected chi connectivity index (χ3v) is 5.11. The van der Waals surface area contributed by atoms with Gasteiger partial charge in [0.1, 0.15) is 6.54 Å². The number of fused-ring (bicyclic) bond motifs is 1. The predicted octanol–water partition coefficient (Wildman–Crippen LogP) is 0.283. The van der Waals surface area contributed by atoms with Crippen LogP contribution in [0.15, 0.2) is 28.1 Å². The van der Waals surface area contributed by atoms with Crippen LogP contribution in [-0.2, 0) is 28.2 Å². The lowest BCUT2D eigenvalue weighted by Crippen LogP contribution is -2.35. The number of aryl methyl sites for hydroxylation is 1. The molecule has 11 heteroatoms. The van der Waals surface area contributed by atoms with Crippen molar-refractivity contribution in [1.29, 1.82) is 0 Å². The van der Waals surface area contributed by atoms with E-state index in [-0.39, 0.29) is 5.56 Å². The molecule has 2 heterocycles. The maximum Gasteiger partial charge on any atom is 0.349 e. The number of nitrogens with zero attached hydrogens (tertiary/aromatic N) is 3. The van der Waals surface area contributed by atoms with Gasteiger partial charge in [0.15, 0.2) is 4.70 Å². The van der Waals surface area contributed by atoms with E-state index in [0.717, 1.165) is 17.1 Å². The molecule has 8 nitrogen and oxygen atoms in total. The van der Waals surface area contributed by atoms with E-state index >= 15 is 0 Å². The van der Waals surface area contributed by atoms with E-state index < -0.39 is 10.4 Å². The highest BCUT2D eigenvalue weighted by atomic mass is 32.3. The fraction of sp³-hybridized carbons (Fsp3) is 0.364. The van der Waals surface area contributed by atoms with E-state index in [1.165, 1.54) is 15.9 Å². The number of hydrogen-bond donors (Lipinski definition) is 0. The Balaban J connectivity index is 0.000000346. The Kier molecular flexibility index (Phi) is 6.68. The topological polar surface area (TPSA) is 105 Å². The second-order valence-electron chi connectivity index (χ2n) is 3.86. The van der Waals surface area contributed by atoms with Gasteiger partial charge in [-0.1, -0.05) is 35.8 Å². The average molecular weight is 365 g/mol. The SMILES string of the molecule is C=CC[n+]1c(SC)sc2c(=O)n(C)cnc21.COS(=O)(=O)[O-]. The highest BCUT2D eigenvalue weighted by molar-refractivity contribution is 8.00. The van der Waals surface area contributed by atoms with Crippen LogP contribution in [0.5, 0.6) is 0 Å². The van der Waals surface area contributed by atoms with Gasteiger partial charge in [0, 0.05) is 7.05 Å². The molecule has 0 fully saturated rings. The Morgan fingerprint density at radius 2 is 2.23 bits per heavy atom. The van der Waals surface area contributed by atoms with Crippen LogP contribution in [0.2, 0.25) is 0 Å². The van der Waals surface area contributed by atoms with Gasteiger partial charge in [-0.2, -0.15) is 0 Å². The number of hydrogen-bond acceptors (Lipinski definition) is 8. The lowest BCUT2D eigenvalue weighted by atomic mass is 10.5. The molecule has 0 radical (unpaired) electrons. The Bertz CT molecular complexity index is 825. The second-order valence-corrected chi connectivity index (χ2v) is 7.06. The molecule has 0 N–H and O–H groups in total. The monoisotopic (exact) mass is 365 g/mol. The highest BCUT2D eigenvalue weighted by Gasteiger charge is 2.21. The molecule has 122 valence electrons. The molecule has 0 aliphatic heterocycles. The van der Waals surface area contributed by atoms with Crippen molar-refractivity contribution in [2.45, 2.75) is 10.9 Å². The molecule has 0 aliphatic carbocycles. The van der Waals surface area contributed by atoms with Gasteiger partial charge in [-0.25, -0.2) is 13.0 Å². The summed E-state index contributed by atoms with van der Waals surface area (Å²) in [6.07, 6.45) is 5.36. The number of aromatic nitrogens is 3. The third-order valence-electron chi connectivity index (χ3n) is 2.43. The van der Waals surface area contributed by atoms with E-state index in [1.54, 1.807) is 25.1 Å². The number of thioether (sulfide) groups is 1. The number of thiazole rings is 1. The van der Waals surface area contributed by atoms with Crippen molar-refractivity contribution >= 4 is 43.8 Å². The van der Waals surface area contributed by atoms with E-state index in [0.29, 0.717) is 11.2 Å². The summed E-state index contributed by atoms with van der Waals surface area (Å²) in [5.41, 5.74) is 0.755. The van der Waals surface area contributed by atoms with E-state index in [2.05, 4.69) is 15.7 Å². The maximum absolute atomic E-state index is 11.9. The highest BCUT2D eigenvalue weighted by Crippen LogP contribution is 2.22. The Hall–Kier alpha value is -1.27. The van der Waals surface area contributed by atoms with Crippen molar-refractivity contribution in [2.24, 2.45) is 7.05 Å². The van der Waals surface area contributed by atoms with Crippen LogP contribution in [0.1, 0.15) is 0 Å². The molecule has 0 aliphatic rings. The Morgan fingerprint density at radius 1 is 1.64 bits per heavy atom. The minimum Gasteiger partial charge on any atom is -0.726 e. The first kappa shape index (κ1) is 18.8. The minimum atomic E-state index is -4.41. The maximum atomic E-state index is 11.9. The van der Waals surface area contributed by atoms with Crippen molar-refractivity contribution in [3.63, 3.8) is 0 Å². The van der Waals surface area contributed by atoms with E-state index in [1.807, 2.05) is 16.9 Å². The van der Waals surface area contributed by atoms with Gasteiger partial charge >= 0.3 is 5.65 Å². The summed E-state index contributed by atoms with van der Waals surface area (Å²) < 4.78 is 36.3. The summed E-state index contributed by atoms with van der Waals surface area (Å²) in [5.74, 6) is 0. The smallest absolute Gasteiger partial charge is 0.349 e. The zero-order chi connectivity index (χ0) is 16.9. The van der Waals surface area contributed by atoms with Crippen LogP contribution in [0, 0.1) is 0 Å². The average Bonchev–Trinajstić information content (AvgIpc) is 2.82. The molecular weight excluding hydrogens is 350 g/mol. The molecule has 22 heavy (non-hydrogen) atoms. The molecule has 0 amide bonds. The standard InChI is InChI=1S/C10H12N3OS2.CH4O4S/c1-4-5-13-8-7(16-10(13)15-3)9(14)12(2)6-11-8;1-5-6(2,3)4/h4,6H,1,5H2,2-3H3;1H3,(H,2,3,4)/q+1;/p-1. The first-order chi connectivity index (χ1) is 10.2. The van der Waals surface area contributed by atoms with Crippen molar-refractivity contribution in [3.05, 3.63) is 29.3 Å². The summed E-state index contributed by atoms with van der Waals surface area (Å²) in [6, 6.07) is 0. The number of rotatable bonds is 4. The molecule has 2 rings (SSSR count). The summed E-state index contributed by atoms with van der Waals surface area (Å²) >= 11 is 3.11. The second kappa shape index (κ2) is 7.83. The molecule has 2 aromatic heterocycles. The molecule has 0 atom stereocenters. The van der Waals surface area contributed by atoms with Gasteiger partial charge in [-0.3, -0.25) is 13.5 Å². The van der Waals surface area contributed by atoms with Crippen molar-refractivity contribution < 1.29 is 21.7 Å². The molecule has 0 saturated carbocycles. The lowest BCUT2D eigenvalue weighted by Gasteiger charge is -1.98. The number of allylic oxidation sites excluding steroid dienone is 1. The largest absolute Gasteiger partial charge is 0.726 e. The van der Waals surface area contributed by atoms with Gasteiger partial charge in [-0.15, -0.1) is 0 Å². The quantitative estimate of drug-likeness (QED) is 0.252.